The van der Waals surface area contributed by atoms with Crippen LogP contribution in [0.2, 0.25) is 0 Å². The average Bonchev–Trinajstić information content (AvgIpc) is 2.69. The van der Waals surface area contributed by atoms with Crippen molar-refractivity contribution in [2.75, 3.05) is 6.26 Å². The molecule has 0 aromatic carbocycles. The lowest BCUT2D eigenvalue weighted by Gasteiger charge is -2.31. The first-order chi connectivity index (χ1) is 8.60. The highest BCUT2D eigenvalue weighted by Crippen LogP contribution is 2.30. The lowest BCUT2D eigenvalue weighted by Crippen LogP contribution is -2.36. The Morgan fingerprint density at radius 2 is 2.17 bits per heavy atom. The van der Waals surface area contributed by atoms with Crippen molar-refractivity contribution in [3.05, 3.63) is 21.4 Å². The van der Waals surface area contributed by atoms with Crippen LogP contribution in [0.1, 0.15) is 54.0 Å². The Kier molecular flexibility index (Phi) is 5.16. The van der Waals surface area contributed by atoms with Crippen molar-refractivity contribution < 1.29 is 0 Å². The van der Waals surface area contributed by atoms with Crippen molar-refractivity contribution in [2.45, 2.75) is 63.8 Å². The molecule has 0 bridgehead atoms. The standard InChI is InChI=1S/C15H25NS2/c1-10-8-15(12(3)18-10)11(2)16-13-6-5-7-14(9-13)17-4/h8,11,13-14,16H,5-7,9H2,1-4H3. The molecule has 1 fully saturated rings. The van der Waals surface area contributed by atoms with Gasteiger partial charge in [0.25, 0.3) is 0 Å². The molecule has 1 aliphatic carbocycles. The Balaban J connectivity index is 1.94. The smallest absolute Gasteiger partial charge is 0.0305 e. The largest absolute Gasteiger partial charge is 0.307 e. The number of thiophene rings is 1. The molecule has 0 amide bonds. The van der Waals surface area contributed by atoms with E-state index in [4.69, 9.17) is 0 Å². The van der Waals surface area contributed by atoms with Gasteiger partial charge in [-0.05, 0) is 57.9 Å². The van der Waals surface area contributed by atoms with Gasteiger partial charge in [-0.2, -0.15) is 11.8 Å². The first kappa shape index (κ1) is 14.4. The van der Waals surface area contributed by atoms with Gasteiger partial charge >= 0.3 is 0 Å². The van der Waals surface area contributed by atoms with Crippen LogP contribution in [-0.2, 0) is 0 Å². The second-order valence-corrected chi connectivity index (χ2v) is 8.08. The van der Waals surface area contributed by atoms with Crippen molar-refractivity contribution in [2.24, 2.45) is 0 Å². The minimum Gasteiger partial charge on any atom is -0.307 e. The maximum Gasteiger partial charge on any atom is 0.0305 e. The summed E-state index contributed by atoms with van der Waals surface area (Å²) in [5.41, 5.74) is 1.50. The second kappa shape index (κ2) is 6.44. The van der Waals surface area contributed by atoms with Crippen LogP contribution in [-0.4, -0.2) is 17.5 Å². The molecule has 3 heteroatoms. The Labute approximate surface area is 120 Å². The minimum absolute atomic E-state index is 0.501. The fraction of sp³-hybridized carbons (Fsp3) is 0.733. The molecule has 3 unspecified atom stereocenters. The molecule has 0 aliphatic heterocycles. The molecule has 3 atom stereocenters. The third kappa shape index (κ3) is 3.52. The monoisotopic (exact) mass is 283 g/mol. The van der Waals surface area contributed by atoms with Crippen LogP contribution in [0.25, 0.3) is 0 Å². The molecule has 0 saturated heterocycles. The Morgan fingerprint density at radius 3 is 2.78 bits per heavy atom. The van der Waals surface area contributed by atoms with Gasteiger partial charge in [-0.25, -0.2) is 0 Å². The number of thioether (sulfide) groups is 1. The van der Waals surface area contributed by atoms with E-state index in [1.54, 1.807) is 0 Å². The predicted molar refractivity (Wildman–Crippen MR) is 84.9 cm³/mol. The first-order valence-electron chi connectivity index (χ1n) is 6.96. The molecule has 1 aromatic heterocycles. The van der Waals surface area contributed by atoms with Crippen LogP contribution < -0.4 is 5.32 Å². The van der Waals surface area contributed by atoms with E-state index < -0.39 is 0 Å². The molecule has 1 aliphatic rings. The molecule has 2 rings (SSSR count). The zero-order valence-electron chi connectivity index (χ0n) is 12.0. The highest BCUT2D eigenvalue weighted by molar-refractivity contribution is 7.99. The SMILES string of the molecule is CSC1CCCC(NC(C)c2cc(C)sc2C)C1. The lowest BCUT2D eigenvalue weighted by molar-refractivity contribution is 0.353. The highest BCUT2D eigenvalue weighted by Gasteiger charge is 2.23. The molecule has 1 heterocycles. The number of nitrogens with one attached hydrogen (secondary N) is 1. The minimum atomic E-state index is 0.501. The average molecular weight is 284 g/mol. The summed E-state index contributed by atoms with van der Waals surface area (Å²) < 4.78 is 0. The van der Waals surface area contributed by atoms with Crippen molar-refractivity contribution in [1.82, 2.24) is 5.32 Å². The van der Waals surface area contributed by atoms with E-state index in [2.05, 4.69) is 38.4 Å². The van der Waals surface area contributed by atoms with Crippen molar-refractivity contribution >= 4 is 23.1 Å². The van der Waals surface area contributed by atoms with Crippen LogP contribution in [0.15, 0.2) is 6.07 Å². The van der Waals surface area contributed by atoms with Crippen LogP contribution in [0.3, 0.4) is 0 Å². The summed E-state index contributed by atoms with van der Waals surface area (Å²) in [6.07, 6.45) is 7.74. The third-order valence-corrected chi connectivity index (χ3v) is 6.07. The van der Waals surface area contributed by atoms with Crippen molar-refractivity contribution in [3.8, 4) is 0 Å². The van der Waals surface area contributed by atoms with Gasteiger partial charge in [-0.15, -0.1) is 11.3 Å². The van der Waals surface area contributed by atoms with Gasteiger partial charge in [0, 0.05) is 27.1 Å². The highest BCUT2D eigenvalue weighted by atomic mass is 32.2. The lowest BCUT2D eigenvalue weighted by atomic mass is 9.93. The van der Waals surface area contributed by atoms with E-state index >= 15 is 0 Å². The Bertz CT molecular complexity index is 386. The van der Waals surface area contributed by atoms with Gasteiger partial charge < -0.3 is 5.32 Å². The number of rotatable bonds is 4. The van der Waals surface area contributed by atoms with Gasteiger partial charge in [0.05, 0.1) is 0 Å². The quantitative estimate of drug-likeness (QED) is 0.860. The van der Waals surface area contributed by atoms with E-state index in [9.17, 15) is 0 Å². The van der Waals surface area contributed by atoms with Gasteiger partial charge in [-0.1, -0.05) is 6.42 Å². The van der Waals surface area contributed by atoms with Crippen molar-refractivity contribution in [1.29, 1.82) is 0 Å². The van der Waals surface area contributed by atoms with Gasteiger partial charge in [0.2, 0.25) is 0 Å². The maximum absolute atomic E-state index is 3.85. The molecule has 1 saturated carbocycles. The zero-order chi connectivity index (χ0) is 13.1. The summed E-state index contributed by atoms with van der Waals surface area (Å²) >= 11 is 3.96. The van der Waals surface area contributed by atoms with Crippen molar-refractivity contribution in [3.63, 3.8) is 0 Å². The second-order valence-electron chi connectivity index (χ2n) is 5.48. The number of hydrogen-bond donors (Lipinski definition) is 1. The van der Waals surface area contributed by atoms with E-state index in [1.165, 1.54) is 41.0 Å². The normalized spacial score (nSPS) is 26.2. The summed E-state index contributed by atoms with van der Waals surface area (Å²) in [6, 6.07) is 3.57. The Morgan fingerprint density at radius 1 is 1.39 bits per heavy atom. The number of aryl methyl sites for hydroxylation is 2. The zero-order valence-corrected chi connectivity index (χ0v) is 13.6. The molecule has 0 radical (unpaired) electrons. The topological polar surface area (TPSA) is 12.0 Å². The van der Waals surface area contributed by atoms with E-state index in [0.29, 0.717) is 12.1 Å². The van der Waals surface area contributed by atoms with Crippen LogP contribution >= 0.6 is 23.1 Å². The fourth-order valence-corrected chi connectivity index (χ4v) is 4.88. The molecule has 18 heavy (non-hydrogen) atoms. The summed E-state index contributed by atoms with van der Waals surface area (Å²) in [4.78, 5) is 2.91. The van der Waals surface area contributed by atoms with Gasteiger partial charge in [-0.3, -0.25) is 0 Å². The van der Waals surface area contributed by atoms with E-state index in [0.717, 1.165) is 5.25 Å². The summed E-state index contributed by atoms with van der Waals surface area (Å²) in [6.45, 7) is 6.77. The molecule has 1 N–H and O–H groups in total. The summed E-state index contributed by atoms with van der Waals surface area (Å²) in [7, 11) is 0. The number of hydrogen-bond acceptors (Lipinski definition) is 3. The molecule has 1 nitrogen and oxygen atoms in total. The van der Waals surface area contributed by atoms with E-state index in [1.807, 2.05) is 23.1 Å². The maximum atomic E-state index is 3.85. The molecular formula is C15H25NS2. The van der Waals surface area contributed by atoms with Crippen LogP contribution in [0.5, 0.6) is 0 Å². The summed E-state index contributed by atoms with van der Waals surface area (Å²) in [5, 5.41) is 4.72. The van der Waals surface area contributed by atoms with E-state index in [-0.39, 0.29) is 0 Å². The summed E-state index contributed by atoms with van der Waals surface area (Å²) in [5.74, 6) is 0. The molecule has 102 valence electrons. The fourth-order valence-electron chi connectivity index (χ4n) is 3.03. The third-order valence-electron chi connectivity index (χ3n) is 3.99. The molecular weight excluding hydrogens is 258 g/mol. The Hall–Kier alpha value is 0.01000. The first-order valence-corrected chi connectivity index (χ1v) is 9.06. The predicted octanol–water partition coefficient (Wildman–Crippen LogP) is 4.69. The van der Waals surface area contributed by atoms with Gasteiger partial charge in [0.15, 0.2) is 0 Å². The molecule has 0 spiro atoms. The van der Waals surface area contributed by atoms with Gasteiger partial charge in [0.1, 0.15) is 0 Å². The van der Waals surface area contributed by atoms with Crippen LogP contribution in [0, 0.1) is 13.8 Å². The molecule has 1 aromatic rings. The van der Waals surface area contributed by atoms with Crippen LogP contribution in [0.4, 0.5) is 0 Å².